The Labute approximate surface area is 103 Å². The molecule has 1 unspecified atom stereocenters. The van der Waals surface area contributed by atoms with Gasteiger partial charge in [0.1, 0.15) is 5.76 Å². The molecule has 0 fully saturated rings. The number of hydrogen-bond acceptors (Lipinski definition) is 7. The van der Waals surface area contributed by atoms with Crippen molar-refractivity contribution in [2.24, 2.45) is 0 Å². The van der Waals surface area contributed by atoms with E-state index in [2.05, 4.69) is 30.7 Å². The van der Waals surface area contributed by atoms with Crippen LogP contribution in [0.1, 0.15) is 35.1 Å². The van der Waals surface area contributed by atoms with Gasteiger partial charge in [-0.25, -0.2) is 4.79 Å². The number of tetrazole rings is 1. The van der Waals surface area contributed by atoms with Crippen LogP contribution in [-0.2, 0) is 11.3 Å². The first-order chi connectivity index (χ1) is 8.70. The third-order valence-electron chi connectivity index (χ3n) is 2.38. The lowest BCUT2D eigenvalue weighted by molar-refractivity contribution is 0.0563. The zero-order valence-corrected chi connectivity index (χ0v) is 10.0. The molecule has 0 saturated heterocycles. The minimum atomic E-state index is -0.493. The Hall–Kier alpha value is -2.22. The Kier molecular flexibility index (Phi) is 3.68. The molecule has 0 spiro atoms. The number of ether oxygens (including phenoxy) is 1. The molecule has 0 aliphatic heterocycles. The first-order valence-corrected chi connectivity index (χ1v) is 5.34. The molecule has 2 aromatic heterocycles. The van der Waals surface area contributed by atoms with Crippen LogP contribution in [0.4, 0.5) is 0 Å². The van der Waals surface area contributed by atoms with Gasteiger partial charge in [-0.15, -0.1) is 10.2 Å². The summed E-state index contributed by atoms with van der Waals surface area (Å²) in [5.41, 5.74) is 0. The lowest BCUT2D eigenvalue weighted by Crippen LogP contribution is -2.19. The van der Waals surface area contributed by atoms with Gasteiger partial charge in [-0.1, -0.05) is 5.21 Å². The largest absolute Gasteiger partial charge is 0.463 e. The normalized spacial score (nSPS) is 12.3. The molecule has 2 aromatic rings. The maximum Gasteiger partial charge on any atom is 0.373 e. The van der Waals surface area contributed by atoms with Gasteiger partial charge < -0.3 is 14.5 Å². The molecule has 18 heavy (non-hydrogen) atoms. The molecule has 0 aliphatic rings. The number of H-pyrrole nitrogens is 1. The highest BCUT2D eigenvalue weighted by Crippen LogP contribution is 2.11. The van der Waals surface area contributed by atoms with Crippen molar-refractivity contribution in [2.75, 3.05) is 7.11 Å². The first kappa shape index (κ1) is 12.2. The van der Waals surface area contributed by atoms with Crippen LogP contribution in [0.25, 0.3) is 0 Å². The molecule has 2 heterocycles. The number of methoxy groups -OCH3 is 1. The molecular weight excluding hydrogens is 238 g/mol. The lowest BCUT2D eigenvalue weighted by atomic mass is 10.3. The number of nitrogens with one attached hydrogen (secondary N) is 2. The predicted molar refractivity (Wildman–Crippen MR) is 59.5 cm³/mol. The van der Waals surface area contributed by atoms with Crippen molar-refractivity contribution in [3.8, 4) is 0 Å². The van der Waals surface area contributed by atoms with E-state index in [-0.39, 0.29) is 11.8 Å². The molecule has 8 heteroatoms. The third kappa shape index (κ3) is 2.72. The molecule has 0 aromatic carbocycles. The Balaban J connectivity index is 1.90. The Bertz CT molecular complexity index is 507. The number of furan rings is 1. The number of hydrogen-bond donors (Lipinski definition) is 2. The summed E-state index contributed by atoms with van der Waals surface area (Å²) in [4.78, 5) is 11.2. The molecule has 1 atom stereocenters. The van der Waals surface area contributed by atoms with Gasteiger partial charge in [-0.2, -0.15) is 5.21 Å². The Morgan fingerprint density at radius 3 is 3.11 bits per heavy atom. The van der Waals surface area contributed by atoms with E-state index in [1.165, 1.54) is 7.11 Å². The summed E-state index contributed by atoms with van der Waals surface area (Å²) < 4.78 is 9.85. The highest BCUT2D eigenvalue weighted by molar-refractivity contribution is 5.86. The molecule has 96 valence electrons. The van der Waals surface area contributed by atoms with Gasteiger partial charge in [-0.3, -0.25) is 0 Å². The summed E-state index contributed by atoms with van der Waals surface area (Å²) in [5, 5.41) is 16.7. The van der Waals surface area contributed by atoms with Gasteiger partial charge in [0.05, 0.1) is 19.7 Å². The summed E-state index contributed by atoms with van der Waals surface area (Å²) in [5.74, 6) is 0.884. The Morgan fingerprint density at radius 1 is 1.61 bits per heavy atom. The van der Waals surface area contributed by atoms with E-state index in [0.29, 0.717) is 18.1 Å². The average Bonchev–Trinajstić information content (AvgIpc) is 3.05. The second-order valence-corrected chi connectivity index (χ2v) is 3.63. The van der Waals surface area contributed by atoms with Crippen LogP contribution in [0.5, 0.6) is 0 Å². The monoisotopic (exact) mass is 251 g/mol. The minimum absolute atomic E-state index is 0.0737. The van der Waals surface area contributed by atoms with Crippen molar-refractivity contribution in [2.45, 2.75) is 19.5 Å². The molecule has 0 radical (unpaired) electrons. The van der Waals surface area contributed by atoms with Gasteiger partial charge in [-0.05, 0) is 19.1 Å². The molecule has 0 amide bonds. The number of esters is 1. The fraction of sp³-hybridized carbons (Fsp3) is 0.400. The average molecular weight is 251 g/mol. The molecule has 0 saturated carbocycles. The fourth-order valence-electron chi connectivity index (χ4n) is 1.38. The molecule has 2 N–H and O–H groups in total. The summed E-state index contributed by atoms with van der Waals surface area (Å²) >= 11 is 0. The number of nitrogens with zero attached hydrogens (tertiary/aromatic N) is 3. The molecule has 2 rings (SSSR count). The molecule has 0 aliphatic carbocycles. The maximum absolute atomic E-state index is 11.2. The van der Waals surface area contributed by atoms with Crippen LogP contribution in [0, 0.1) is 0 Å². The lowest BCUT2D eigenvalue weighted by Gasteiger charge is -2.07. The molecule has 8 nitrogen and oxygen atoms in total. The molecular formula is C10H13N5O3. The second-order valence-electron chi connectivity index (χ2n) is 3.63. The van der Waals surface area contributed by atoms with Gasteiger partial charge in [0, 0.05) is 0 Å². The van der Waals surface area contributed by atoms with E-state index >= 15 is 0 Å². The van der Waals surface area contributed by atoms with Crippen LogP contribution in [0.2, 0.25) is 0 Å². The summed E-state index contributed by atoms with van der Waals surface area (Å²) in [6.07, 6.45) is 0. The zero-order chi connectivity index (χ0) is 13.0. The summed E-state index contributed by atoms with van der Waals surface area (Å²) in [7, 11) is 1.31. The smallest absolute Gasteiger partial charge is 0.373 e. The zero-order valence-electron chi connectivity index (χ0n) is 10.0. The first-order valence-electron chi connectivity index (χ1n) is 5.34. The van der Waals surface area contributed by atoms with E-state index in [9.17, 15) is 4.79 Å². The van der Waals surface area contributed by atoms with Crippen LogP contribution in [0.3, 0.4) is 0 Å². The van der Waals surface area contributed by atoms with Crippen molar-refractivity contribution in [3.63, 3.8) is 0 Å². The van der Waals surface area contributed by atoms with Gasteiger partial charge in [0.25, 0.3) is 0 Å². The number of rotatable bonds is 5. The highest BCUT2D eigenvalue weighted by atomic mass is 16.5. The second kappa shape index (κ2) is 5.41. The van der Waals surface area contributed by atoms with Crippen molar-refractivity contribution in [1.82, 2.24) is 25.9 Å². The van der Waals surface area contributed by atoms with Crippen molar-refractivity contribution >= 4 is 5.97 Å². The predicted octanol–water partition coefficient (Wildman–Crippen LogP) is 0.430. The minimum Gasteiger partial charge on any atom is -0.463 e. The SMILES string of the molecule is COC(=O)c1ccc(CNC(C)c2nn[nH]n2)o1. The van der Waals surface area contributed by atoms with E-state index in [1.807, 2.05) is 6.92 Å². The van der Waals surface area contributed by atoms with E-state index in [0.717, 1.165) is 0 Å². The van der Waals surface area contributed by atoms with Crippen molar-refractivity contribution in [3.05, 3.63) is 29.5 Å². The highest BCUT2D eigenvalue weighted by Gasteiger charge is 2.13. The van der Waals surface area contributed by atoms with Gasteiger partial charge in [0.2, 0.25) is 5.76 Å². The number of aromatic nitrogens is 4. The Morgan fingerprint density at radius 2 is 2.44 bits per heavy atom. The standard InChI is InChI=1S/C10H13N5O3/c1-6(9-12-14-15-13-9)11-5-7-3-4-8(18-7)10(16)17-2/h3-4,6,11H,5H2,1-2H3,(H,12,13,14,15). The van der Waals surface area contributed by atoms with E-state index < -0.39 is 5.97 Å². The topological polar surface area (TPSA) is 106 Å². The maximum atomic E-state index is 11.2. The summed E-state index contributed by atoms with van der Waals surface area (Å²) in [6, 6.07) is 3.21. The van der Waals surface area contributed by atoms with E-state index in [4.69, 9.17) is 4.42 Å². The van der Waals surface area contributed by atoms with Crippen LogP contribution in [0.15, 0.2) is 16.5 Å². The number of aromatic amines is 1. The summed E-state index contributed by atoms with van der Waals surface area (Å²) in [6.45, 7) is 2.35. The van der Waals surface area contributed by atoms with Crippen molar-refractivity contribution in [1.29, 1.82) is 0 Å². The van der Waals surface area contributed by atoms with Crippen LogP contribution < -0.4 is 5.32 Å². The van der Waals surface area contributed by atoms with Crippen molar-refractivity contribution < 1.29 is 13.9 Å². The van der Waals surface area contributed by atoms with Gasteiger partial charge >= 0.3 is 5.97 Å². The quantitative estimate of drug-likeness (QED) is 0.742. The van der Waals surface area contributed by atoms with Crippen LogP contribution in [-0.4, -0.2) is 33.7 Å². The molecule has 0 bridgehead atoms. The third-order valence-corrected chi connectivity index (χ3v) is 2.38. The fourth-order valence-corrected chi connectivity index (χ4v) is 1.38. The van der Waals surface area contributed by atoms with Crippen LogP contribution >= 0.6 is 0 Å². The van der Waals surface area contributed by atoms with Gasteiger partial charge in [0.15, 0.2) is 5.82 Å². The van der Waals surface area contributed by atoms with E-state index in [1.54, 1.807) is 12.1 Å². The number of carbonyl (C=O) groups excluding carboxylic acids is 1. The number of carbonyl (C=O) groups is 1.